The van der Waals surface area contributed by atoms with Crippen molar-refractivity contribution >= 4 is 28.6 Å². The molecule has 1 aromatic heterocycles. The van der Waals surface area contributed by atoms with Gasteiger partial charge in [-0.15, -0.1) is 0 Å². The third-order valence-corrected chi connectivity index (χ3v) is 5.43. The number of aromatic nitrogens is 2. The normalized spacial score (nSPS) is 10.9. The molecule has 7 heteroatoms. The molecule has 146 valence electrons. The van der Waals surface area contributed by atoms with Crippen LogP contribution in [0.15, 0.2) is 53.6 Å². The van der Waals surface area contributed by atoms with Crippen LogP contribution in [0.25, 0.3) is 10.9 Å². The third kappa shape index (κ3) is 4.98. The summed E-state index contributed by atoms with van der Waals surface area (Å²) in [5, 5.41) is 3.39. The maximum atomic E-state index is 13.5. The van der Waals surface area contributed by atoms with Crippen LogP contribution < -0.4 is 10.9 Å². The number of amides is 1. The van der Waals surface area contributed by atoms with Gasteiger partial charge < -0.3 is 5.32 Å². The monoisotopic (exact) mass is 399 g/mol. The molecule has 0 saturated carbocycles. The summed E-state index contributed by atoms with van der Waals surface area (Å²) in [5.41, 5.74) is 2.17. The summed E-state index contributed by atoms with van der Waals surface area (Å²) in [7, 11) is 0. The smallest absolute Gasteiger partial charge is 0.261 e. The first-order valence-corrected chi connectivity index (χ1v) is 10.2. The number of rotatable bonds is 8. The van der Waals surface area contributed by atoms with Gasteiger partial charge in [-0.2, -0.15) is 11.8 Å². The predicted octanol–water partition coefficient (Wildman–Crippen LogP) is 3.28. The van der Waals surface area contributed by atoms with E-state index < -0.39 is 0 Å². The molecule has 3 rings (SSSR count). The first-order valence-electron chi connectivity index (χ1n) is 9.09. The summed E-state index contributed by atoms with van der Waals surface area (Å²) in [4.78, 5) is 28.9. The van der Waals surface area contributed by atoms with Gasteiger partial charge in [0.1, 0.15) is 5.82 Å². The molecule has 0 spiro atoms. The van der Waals surface area contributed by atoms with E-state index in [4.69, 9.17) is 0 Å². The van der Waals surface area contributed by atoms with Gasteiger partial charge in [0.25, 0.3) is 5.56 Å². The molecule has 0 radical (unpaired) electrons. The van der Waals surface area contributed by atoms with Crippen LogP contribution in [0.4, 0.5) is 4.39 Å². The number of hydrogen-bond acceptors (Lipinski definition) is 4. The van der Waals surface area contributed by atoms with E-state index in [-0.39, 0.29) is 30.2 Å². The van der Waals surface area contributed by atoms with Gasteiger partial charge in [-0.25, -0.2) is 9.37 Å². The Bertz CT molecular complexity index is 1040. The van der Waals surface area contributed by atoms with Crippen LogP contribution >= 0.6 is 11.8 Å². The fraction of sp³-hybridized carbons (Fsp3) is 0.286. The molecule has 0 aliphatic heterocycles. The molecule has 1 N–H and O–H groups in total. The summed E-state index contributed by atoms with van der Waals surface area (Å²) in [6.07, 6.45) is 1.70. The zero-order chi connectivity index (χ0) is 19.9. The minimum atomic E-state index is -0.205. The van der Waals surface area contributed by atoms with E-state index in [1.807, 2.05) is 25.1 Å². The van der Waals surface area contributed by atoms with Gasteiger partial charge in [0.15, 0.2) is 0 Å². The molecule has 0 aliphatic carbocycles. The lowest BCUT2D eigenvalue weighted by Crippen LogP contribution is -2.29. The van der Waals surface area contributed by atoms with Crippen molar-refractivity contribution in [3.63, 3.8) is 0 Å². The van der Waals surface area contributed by atoms with Crippen LogP contribution in [0, 0.1) is 12.7 Å². The lowest BCUT2D eigenvalue weighted by atomic mass is 10.1. The zero-order valence-electron chi connectivity index (χ0n) is 15.7. The van der Waals surface area contributed by atoms with Crippen molar-refractivity contribution in [3.8, 4) is 0 Å². The number of aryl methyl sites for hydroxylation is 2. The Balaban J connectivity index is 1.43. The molecular formula is C21H22FN3O2S. The third-order valence-electron chi connectivity index (χ3n) is 4.42. The van der Waals surface area contributed by atoms with Gasteiger partial charge in [0, 0.05) is 31.0 Å². The number of carbonyl (C=O) groups excluding carboxylic acids is 1. The molecule has 3 aromatic rings. The number of benzene rings is 2. The Labute approximate surface area is 167 Å². The van der Waals surface area contributed by atoms with Crippen LogP contribution in [-0.2, 0) is 17.1 Å². The lowest BCUT2D eigenvalue weighted by Gasteiger charge is -2.09. The number of hydrogen-bond donors (Lipinski definition) is 1. The van der Waals surface area contributed by atoms with Crippen molar-refractivity contribution in [2.45, 2.75) is 25.6 Å². The van der Waals surface area contributed by atoms with E-state index in [9.17, 15) is 14.0 Å². The molecule has 0 unspecified atom stereocenters. The summed E-state index contributed by atoms with van der Waals surface area (Å²) >= 11 is 1.56. The topological polar surface area (TPSA) is 64.0 Å². The van der Waals surface area contributed by atoms with Gasteiger partial charge in [-0.1, -0.05) is 30.3 Å². The van der Waals surface area contributed by atoms with Gasteiger partial charge in [-0.05, 0) is 30.2 Å². The molecule has 1 amide bonds. The second-order valence-corrected chi connectivity index (χ2v) is 7.56. The Morgan fingerprint density at radius 3 is 2.86 bits per heavy atom. The number of fused-ring (bicyclic) bond motifs is 1. The van der Waals surface area contributed by atoms with Gasteiger partial charge in [0.05, 0.1) is 17.2 Å². The average molecular weight is 399 g/mol. The molecule has 0 fully saturated rings. The number of para-hydroxylation sites is 1. The van der Waals surface area contributed by atoms with Crippen molar-refractivity contribution in [2.75, 3.05) is 12.3 Å². The van der Waals surface area contributed by atoms with Crippen LogP contribution in [0.1, 0.15) is 17.5 Å². The van der Waals surface area contributed by atoms with Crippen molar-refractivity contribution < 1.29 is 9.18 Å². The number of nitrogens with zero attached hydrogens (tertiary/aromatic N) is 2. The van der Waals surface area contributed by atoms with Crippen LogP contribution in [-0.4, -0.2) is 27.8 Å². The molecule has 0 saturated heterocycles. The SMILES string of the molecule is Cc1cccc2c(=O)n(CCC(=O)NCCSCc3ccccc3F)cnc12. The second kappa shape index (κ2) is 9.50. The predicted molar refractivity (Wildman–Crippen MR) is 111 cm³/mol. The highest BCUT2D eigenvalue weighted by molar-refractivity contribution is 7.98. The first kappa shape index (κ1) is 20.1. The highest BCUT2D eigenvalue weighted by Crippen LogP contribution is 2.14. The summed E-state index contributed by atoms with van der Waals surface area (Å²) < 4.78 is 15.0. The Morgan fingerprint density at radius 1 is 1.21 bits per heavy atom. The van der Waals surface area contributed by atoms with Crippen molar-refractivity contribution in [1.29, 1.82) is 0 Å². The maximum Gasteiger partial charge on any atom is 0.261 e. The van der Waals surface area contributed by atoms with E-state index >= 15 is 0 Å². The summed E-state index contributed by atoms with van der Waals surface area (Å²) in [6, 6.07) is 12.2. The molecule has 0 bridgehead atoms. The maximum absolute atomic E-state index is 13.5. The Hall–Kier alpha value is -2.67. The van der Waals surface area contributed by atoms with E-state index in [0.29, 0.717) is 34.5 Å². The summed E-state index contributed by atoms with van der Waals surface area (Å²) in [5.74, 6) is 0.933. The average Bonchev–Trinajstić information content (AvgIpc) is 2.69. The van der Waals surface area contributed by atoms with Crippen molar-refractivity contribution in [3.05, 3.63) is 76.1 Å². The Morgan fingerprint density at radius 2 is 2.04 bits per heavy atom. The summed E-state index contributed by atoms with van der Waals surface area (Å²) in [6.45, 7) is 2.70. The molecule has 2 aromatic carbocycles. The minimum Gasteiger partial charge on any atom is -0.355 e. The van der Waals surface area contributed by atoms with Gasteiger partial charge >= 0.3 is 0 Å². The highest BCUT2D eigenvalue weighted by atomic mass is 32.2. The number of nitrogens with one attached hydrogen (secondary N) is 1. The standard InChI is InChI=1S/C21H22FN3O2S/c1-15-5-4-7-17-20(15)24-14-25(21(17)27)11-9-19(26)23-10-12-28-13-16-6-2-3-8-18(16)22/h2-8,14H,9-13H2,1H3,(H,23,26). The first-order chi connectivity index (χ1) is 13.6. The highest BCUT2D eigenvalue weighted by Gasteiger charge is 2.08. The van der Waals surface area contributed by atoms with Crippen molar-refractivity contribution in [1.82, 2.24) is 14.9 Å². The van der Waals surface area contributed by atoms with Gasteiger partial charge in [-0.3, -0.25) is 14.2 Å². The van der Waals surface area contributed by atoms with Crippen LogP contribution in [0.3, 0.4) is 0 Å². The number of thioether (sulfide) groups is 1. The lowest BCUT2D eigenvalue weighted by molar-refractivity contribution is -0.121. The molecule has 0 atom stereocenters. The van der Waals surface area contributed by atoms with Crippen molar-refractivity contribution in [2.24, 2.45) is 0 Å². The Kier molecular flexibility index (Phi) is 6.81. The zero-order valence-corrected chi connectivity index (χ0v) is 16.5. The quantitative estimate of drug-likeness (QED) is 0.591. The fourth-order valence-electron chi connectivity index (χ4n) is 2.87. The van der Waals surface area contributed by atoms with E-state index in [1.165, 1.54) is 17.0 Å². The van der Waals surface area contributed by atoms with E-state index in [0.717, 1.165) is 5.56 Å². The molecular weight excluding hydrogens is 377 g/mol. The molecule has 5 nitrogen and oxygen atoms in total. The number of halogens is 1. The van der Waals surface area contributed by atoms with Crippen LogP contribution in [0.2, 0.25) is 0 Å². The van der Waals surface area contributed by atoms with E-state index in [1.54, 1.807) is 30.0 Å². The molecule has 1 heterocycles. The van der Waals surface area contributed by atoms with Crippen LogP contribution in [0.5, 0.6) is 0 Å². The van der Waals surface area contributed by atoms with Gasteiger partial charge in [0.2, 0.25) is 5.91 Å². The largest absolute Gasteiger partial charge is 0.355 e. The number of carbonyl (C=O) groups is 1. The van der Waals surface area contributed by atoms with E-state index in [2.05, 4.69) is 10.3 Å². The minimum absolute atomic E-state index is 0.122. The fourth-order valence-corrected chi connectivity index (χ4v) is 3.71. The molecule has 0 aliphatic rings. The molecule has 28 heavy (non-hydrogen) atoms. The second-order valence-electron chi connectivity index (χ2n) is 6.46.